The van der Waals surface area contributed by atoms with Crippen molar-refractivity contribution in [2.24, 2.45) is 17.8 Å². The van der Waals surface area contributed by atoms with Crippen LogP contribution in [0.15, 0.2) is 0 Å². The van der Waals surface area contributed by atoms with E-state index >= 15 is 0 Å². The molecule has 6 nitrogen and oxygen atoms in total. The zero-order valence-electron chi connectivity index (χ0n) is 37.0. The monoisotopic (exact) mass is 765 g/mol. The van der Waals surface area contributed by atoms with Crippen LogP contribution in [-0.4, -0.2) is 37.2 Å². The van der Waals surface area contributed by atoms with Crippen LogP contribution in [0.25, 0.3) is 0 Å². The molecule has 0 amide bonds. The Bertz CT molecular complexity index is 839. The molecule has 0 heterocycles. The van der Waals surface area contributed by atoms with Gasteiger partial charge in [-0.15, -0.1) is 0 Å². The van der Waals surface area contributed by atoms with Crippen LogP contribution in [0.3, 0.4) is 0 Å². The van der Waals surface area contributed by atoms with Gasteiger partial charge in [-0.2, -0.15) is 0 Å². The lowest BCUT2D eigenvalue weighted by atomic mass is 9.99. The number of carbonyl (C=O) groups is 3. The molecular weight excluding hydrogens is 673 g/mol. The van der Waals surface area contributed by atoms with Crippen molar-refractivity contribution in [3.63, 3.8) is 0 Å². The summed E-state index contributed by atoms with van der Waals surface area (Å²) in [6.45, 7) is 13.7. The molecule has 0 radical (unpaired) electrons. The summed E-state index contributed by atoms with van der Waals surface area (Å²) in [5.41, 5.74) is 0. The largest absolute Gasteiger partial charge is 0.462 e. The molecule has 2 atom stereocenters. The quantitative estimate of drug-likeness (QED) is 0.0350. The molecule has 6 heteroatoms. The average molecular weight is 765 g/mol. The third kappa shape index (κ3) is 40.1. The highest BCUT2D eigenvalue weighted by atomic mass is 16.6. The van der Waals surface area contributed by atoms with Crippen LogP contribution in [0.4, 0.5) is 0 Å². The molecule has 0 bridgehead atoms. The van der Waals surface area contributed by atoms with Gasteiger partial charge in [0.2, 0.25) is 0 Å². The van der Waals surface area contributed by atoms with Crippen LogP contribution in [-0.2, 0) is 28.6 Å². The van der Waals surface area contributed by atoms with Gasteiger partial charge in [-0.25, -0.2) is 0 Å². The maximum atomic E-state index is 12.7. The number of ether oxygens (including phenoxy) is 3. The van der Waals surface area contributed by atoms with Gasteiger partial charge in [-0.1, -0.05) is 215 Å². The molecule has 320 valence electrons. The first kappa shape index (κ1) is 52.4. The molecule has 1 unspecified atom stereocenters. The van der Waals surface area contributed by atoms with E-state index in [0.717, 1.165) is 75.5 Å². The lowest BCUT2D eigenvalue weighted by Crippen LogP contribution is -2.30. The van der Waals surface area contributed by atoms with Gasteiger partial charge >= 0.3 is 17.9 Å². The molecule has 0 saturated heterocycles. The lowest BCUT2D eigenvalue weighted by molar-refractivity contribution is -0.167. The van der Waals surface area contributed by atoms with E-state index < -0.39 is 6.10 Å². The SMILES string of the molecule is CCC(C)CCCCCCCCCCC(=O)OC[C@@H](COC(=O)CCCCCCCCCCCCC(C)C)OC(=O)CCCCCCCCCCC(C)C. The minimum Gasteiger partial charge on any atom is -0.462 e. The summed E-state index contributed by atoms with van der Waals surface area (Å²) in [6, 6.07) is 0. The van der Waals surface area contributed by atoms with Crippen molar-refractivity contribution in [3.8, 4) is 0 Å². The van der Waals surface area contributed by atoms with Crippen LogP contribution in [0.5, 0.6) is 0 Å². The maximum Gasteiger partial charge on any atom is 0.306 e. The summed E-state index contributed by atoms with van der Waals surface area (Å²) in [6.07, 6.45) is 36.6. The van der Waals surface area contributed by atoms with Crippen molar-refractivity contribution in [3.05, 3.63) is 0 Å². The third-order valence-electron chi connectivity index (χ3n) is 11.0. The predicted octanol–water partition coefficient (Wildman–Crippen LogP) is 14.8. The Morgan fingerprint density at radius 3 is 0.963 bits per heavy atom. The smallest absolute Gasteiger partial charge is 0.306 e. The van der Waals surface area contributed by atoms with Crippen LogP contribution in [0.2, 0.25) is 0 Å². The molecule has 0 saturated carbocycles. The van der Waals surface area contributed by atoms with Crippen molar-refractivity contribution in [2.45, 2.75) is 260 Å². The number of hydrogen-bond donors (Lipinski definition) is 0. The van der Waals surface area contributed by atoms with E-state index in [0.29, 0.717) is 19.3 Å². The molecule has 0 aromatic heterocycles. The van der Waals surface area contributed by atoms with E-state index in [1.165, 1.54) is 135 Å². The van der Waals surface area contributed by atoms with Crippen LogP contribution in [0, 0.1) is 17.8 Å². The van der Waals surface area contributed by atoms with Crippen LogP contribution < -0.4 is 0 Å². The number of hydrogen-bond acceptors (Lipinski definition) is 6. The second kappa shape index (κ2) is 39.6. The van der Waals surface area contributed by atoms with E-state index in [9.17, 15) is 14.4 Å². The topological polar surface area (TPSA) is 78.9 Å². The molecular formula is C48H92O6. The van der Waals surface area contributed by atoms with Crippen molar-refractivity contribution in [1.82, 2.24) is 0 Å². The molecule has 0 aromatic rings. The minimum absolute atomic E-state index is 0.0663. The Morgan fingerprint density at radius 2 is 0.648 bits per heavy atom. The molecule has 0 fully saturated rings. The molecule has 0 spiro atoms. The van der Waals surface area contributed by atoms with E-state index in [4.69, 9.17) is 14.2 Å². The Hall–Kier alpha value is -1.59. The highest BCUT2D eigenvalue weighted by Gasteiger charge is 2.19. The first-order valence-electron chi connectivity index (χ1n) is 23.6. The number of unbranched alkanes of at least 4 members (excludes halogenated alkanes) is 23. The number of rotatable bonds is 41. The van der Waals surface area contributed by atoms with Crippen molar-refractivity contribution in [2.75, 3.05) is 13.2 Å². The molecule has 0 N–H and O–H groups in total. The van der Waals surface area contributed by atoms with Crippen molar-refractivity contribution >= 4 is 17.9 Å². The minimum atomic E-state index is -0.762. The second-order valence-electron chi connectivity index (χ2n) is 17.6. The molecule has 0 aromatic carbocycles. The fraction of sp³-hybridized carbons (Fsp3) is 0.938. The summed E-state index contributed by atoms with van der Waals surface area (Å²) in [5.74, 6) is 1.60. The number of esters is 3. The zero-order chi connectivity index (χ0) is 39.9. The van der Waals surface area contributed by atoms with Gasteiger partial charge in [0.1, 0.15) is 13.2 Å². The summed E-state index contributed by atoms with van der Waals surface area (Å²) in [5, 5.41) is 0. The van der Waals surface area contributed by atoms with Crippen LogP contribution in [0.1, 0.15) is 253 Å². The summed E-state index contributed by atoms with van der Waals surface area (Å²) in [4.78, 5) is 37.8. The average Bonchev–Trinajstić information content (AvgIpc) is 3.14. The maximum absolute atomic E-state index is 12.7. The predicted molar refractivity (Wildman–Crippen MR) is 229 cm³/mol. The normalized spacial score (nSPS) is 12.7. The third-order valence-corrected chi connectivity index (χ3v) is 11.0. The van der Waals surface area contributed by atoms with Gasteiger partial charge < -0.3 is 14.2 Å². The summed E-state index contributed by atoms with van der Waals surface area (Å²) < 4.78 is 16.7. The lowest BCUT2D eigenvalue weighted by Gasteiger charge is -2.18. The highest BCUT2D eigenvalue weighted by Crippen LogP contribution is 2.17. The second-order valence-corrected chi connectivity index (χ2v) is 17.6. The Morgan fingerprint density at radius 1 is 0.370 bits per heavy atom. The zero-order valence-corrected chi connectivity index (χ0v) is 37.0. The van der Waals surface area contributed by atoms with Gasteiger partial charge in [0.05, 0.1) is 0 Å². The molecule has 0 aliphatic heterocycles. The first-order valence-corrected chi connectivity index (χ1v) is 23.6. The highest BCUT2D eigenvalue weighted by molar-refractivity contribution is 5.71. The van der Waals surface area contributed by atoms with Gasteiger partial charge in [-0.05, 0) is 37.0 Å². The van der Waals surface area contributed by atoms with Gasteiger partial charge in [-0.3, -0.25) is 14.4 Å². The fourth-order valence-electron chi connectivity index (χ4n) is 7.02. The summed E-state index contributed by atoms with van der Waals surface area (Å²) >= 11 is 0. The molecule has 0 rings (SSSR count). The van der Waals surface area contributed by atoms with Crippen LogP contribution >= 0.6 is 0 Å². The van der Waals surface area contributed by atoms with Crippen molar-refractivity contribution in [1.29, 1.82) is 0 Å². The van der Waals surface area contributed by atoms with Gasteiger partial charge in [0.25, 0.3) is 0 Å². The van der Waals surface area contributed by atoms with E-state index in [2.05, 4.69) is 41.5 Å². The van der Waals surface area contributed by atoms with E-state index in [1.807, 2.05) is 0 Å². The first-order chi connectivity index (χ1) is 26.1. The molecule has 0 aliphatic rings. The Labute approximate surface area is 336 Å². The molecule has 0 aliphatic carbocycles. The van der Waals surface area contributed by atoms with E-state index in [1.54, 1.807) is 0 Å². The van der Waals surface area contributed by atoms with E-state index in [-0.39, 0.29) is 31.1 Å². The van der Waals surface area contributed by atoms with Gasteiger partial charge in [0.15, 0.2) is 6.10 Å². The standard InChI is InChI=1S/C48H92O6/c1-7-44(6)36-30-24-18-13-15-20-26-32-38-47(50)53-41-45(54-48(51)39-33-27-21-14-12-17-23-29-35-43(4)5)40-52-46(49)37-31-25-19-11-9-8-10-16-22-28-34-42(2)3/h42-45H,7-41H2,1-6H3/t44?,45-/m1/s1. The fourth-order valence-corrected chi connectivity index (χ4v) is 7.02. The van der Waals surface area contributed by atoms with Crippen molar-refractivity contribution < 1.29 is 28.6 Å². The number of carbonyl (C=O) groups excluding carboxylic acids is 3. The van der Waals surface area contributed by atoms with Gasteiger partial charge in [0, 0.05) is 19.3 Å². The summed E-state index contributed by atoms with van der Waals surface area (Å²) in [7, 11) is 0. The molecule has 54 heavy (non-hydrogen) atoms. The Balaban J connectivity index is 4.35. The Kier molecular flexibility index (Phi) is 38.5.